The summed E-state index contributed by atoms with van der Waals surface area (Å²) in [5, 5.41) is 21.7. The van der Waals surface area contributed by atoms with Gasteiger partial charge in [-0.1, -0.05) is 37.8 Å². The van der Waals surface area contributed by atoms with E-state index in [4.69, 9.17) is 16.7 Å². The Morgan fingerprint density at radius 1 is 1.26 bits per heavy atom. The smallest absolute Gasteiger partial charge is 0.250 e. The van der Waals surface area contributed by atoms with E-state index >= 15 is 0 Å². The Balaban J connectivity index is 2.79. The maximum Gasteiger partial charge on any atom is 0.250 e. The summed E-state index contributed by atoms with van der Waals surface area (Å²) < 4.78 is 27.8. The summed E-state index contributed by atoms with van der Waals surface area (Å²) in [6.45, 7) is 2.06. The zero-order chi connectivity index (χ0) is 17.3. The Morgan fingerprint density at radius 2 is 2.00 bits per heavy atom. The van der Waals surface area contributed by atoms with Crippen LogP contribution in [0.15, 0.2) is 16.3 Å². The molecular formula is C14H25ClN2O4S2. The van der Waals surface area contributed by atoms with Crippen molar-refractivity contribution < 1.29 is 18.6 Å². The van der Waals surface area contributed by atoms with Crippen LogP contribution in [0.1, 0.15) is 32.6 Å². The van der Waals surface area contributed by atoms with E-state index in [1.165, 1.54) is 12.1 Å². The highest BCUT2D eigenvalue weighted by Crippen LogP contribution is 2.25. The van der Waals surface area contributed by atoms with Crippen molar-refractivity contribution in [1.82, 2.24) is 10.0 Å². The molecule has 23 heavy (non-hydrogen) atoms. The molecule has 0 amide bonds. The number of rotatable bonds is 12. The van der Waals surface area contributed by atoms with Crippen molar-refractivity contribution in [3.8, 4) is 0 Å². The Morgan fingerprint density at radius 3 is 2.52 bits per heavy atom. The molecule has 0 radical (unpaired) electrons. The number of sulfonamides is 1. The van der Waals surface area contributed by atoms with Crippen LogP contribution in [0.25, 0.3) is 0 Å². The molecule has 134 valence electrons. The van der Waals surface area contributed by atoms with Gasteiger partial charge in [0.15, 0.2) is 0 Å². The van der Waals surface area contributed by atoms with Crippen molar-refractivity contribution in [2.24, 2.45) is 0 Å². The number of unbranched alkanes of at least 4 members (excludes halogenated alkanes) is 2. The molecule has 0 saturated carbocycles. The summed E-state index contributed by atoms with van der Waals surface area (Å²) >= 11 is 6.76. The van der Waals surface area contributed by atoms with Gasteiger partial charge in [-0.15, -0.1) is 11.3 Å². The molecule has 1 aromatic rings. The van der Waals surface area contributed by atoms with Crippen LogP contribution in [-0.4, -0.2) is 50.5 Å². The molecule has 2 atom stereocenters. The fourth-order valence-electron chi connectivity index (χ4n) is 2.26. The lowest BCUT2D eigenvalue weighted by Crippen LogP contribution is -2.52. The van der Waals surface area contributed by atoms with Gasteiger partial charge in [-0.3, -0.25) is 0 Å². The van der Waals surface area contributed by atoms with Gasteiger partial charge in [-0.2, -0.15) is 0 Å². The first kappa shape index (κ1) is 20.8. The van der Waals surface area contributed by atoms with Crippen LogP contribution in [0.4, 0.5) is 0 Å². The zero-order valence-corrected chi connectivity index (χ0v) is 15.6. The fourth-order valence-corrected chi connectivity index (χ4v) is 5.02. The summed E-state index contributed by atoms with van der Waals surface area (Å²) in [5.41, 5.74) is 0. The highest BCUT2D eigenvalue weighted by atomic mass is 35.5. The third kappa shape index (κ3) is 7.04. The predicted octanol–water partition coefficient (Wildman–Crippen LogP) is 1.57. The summed E-state index contributed by atoms with van der Waals surface area (Å²) in [4.78, 5) is 0. The Bertz CT molecular complexity index is 551. The molecule has 0 bridgehead atoms. The van der Waals surface area contributed by atoms with Crippen molar-refractivity contribution in [2.75, 3.05) is 19.8 Å². The molecule has 9 heteroatoms. The van der Waals surface area contributed by atoms with Crippen molar-refractivity contribution in [3.05, 3.63) is 16.5 Å². The van der Waals surface area contributed by atoms with Gasteiger partial charge in [0, 0.05) is 12.6 Å². The van der Waals surface area contributed by atoms with Crippen LogP contribution < -0.4 is 10.0 Å². The van der Waals surface area contributed by atoms with Gasteiger partial charge in [-0.25, -0.2) is 13.1 Å². The van der Waals surface area contributed by atoms with Crippen LogP contribution in [0.3, 0.4) is 0 Å². The average Bonchev–Trinajstić information content (AvgIpc) is 2.96. The van der Waals surface area contributed by atoms with Gasteiger partial charge >= 0.3 is 0 Å². The number of nitrogens with one attached hydrogen (secondary N) is 2. The lowest BCUT2D eigenvalue weighted by Gasteiger charge is -2.27. The second kappa shape index (κ2) is 10.6. The summed E-state index contributed by atoms with van der Waals surface area (Å²) in [6.07, 6.45) is 3.72. The molecule has 0 spiro atoms. The van der Waals surface area contributed by atoms with E-state index in [1.807, 2.05) is 0 Å². The number of hydrogen-bond donors (Lipinski definition) is 4. The van der Waals surface area contributed by atoms with E-state index in [1.54, 1.807) is 0 Å². The van der Waals surface area contributed by atoms with Crippen molar-refractivity contribution in [2.45, 2.75) is 48.9 Å². The van der Waals surface area contributed by atoms with E-state index in [0.29, 0.717) is 17.3 Å². The van der Waals surface area contributed by atoms with E-state index in [-0.39, 0.29) is 23.5 Å². The quantitative estimate of drug-likeness (QED) is 0.410. The highest BCUT2D eigenvalue weighted by Gasteiger charge is 2.27. The normalized spacial score (nSPS) is 14.8. The van der Waals surface area contributed by atoms with Crippen molar-refractivity contribution >= 4 is 33.0 Å². The zero-order valence-electron chi connectivity index (χ0n) is 13.2. The Labute approximate surface area is 146 Å². The van der Waals surface area contributed by atoms with Gasteiger partial charge in [0.05, 0.1) is 23.6 Å². The van der Waals surface area contributed by atoms with Crippen LogP contribution in [0.5, 0.6) is 0 Å². The maximum atomic E-state index is 12.4. The van der Waals surface area contributed by atoms with Gasteiger partial charge < -0.3 is 15.5 Å². The molecule has 6 nitrogen and oxygen atoms in total. The number of halogens is 1. The van der Waals surface area contributed by atoms with Crippen molar-refractivity contribution in [3.63, 3.8) is 0 Å². The van der Waals surface area contributed by atoms with E-state index in [2.05, 4.69) is 17.0 Å². The third-order valence-electron chi connectivity index (χ3n) is 3.44. The lowest BCUT2D eigenvalue weighted by molar-refractivity contribution is 0.209. The maximum absolute atomic E-state index is 12.4. The summed E-state index contributed by atoms with van der Waals surface area (Å²) in [6, 6.07) is 2.06. The van der Waals surface area contributed by atoms with Crippen LogP contribution >= 0.6 is 22.9 Å². The predicted molar refractivity (Wildman–Crippen MR) is 93.5 cm³/mol. The minimum absolute atomic E-state index is 0.0459. The van der Waals surface area contributed by atoms with E-state index in [9.17, 15) is 13.5 Å². The molecule has 0 aliphatic carbocycles. The second-order valence-electron chi connectivity index (χ2n) is 5.25. The molecule has 4 N–H and O–H groups in total. The van der Waals surface area contributed by atoms with Gasteiger partial charge in [-0.05, 0) is 18.6 Å². The Kier molecular flexibility index (Phi) is 9.60. The monoisotopic (exact) mass is 384 g/mol. The second-order valence-corrected chi connectivity index (χ2v) is 8.90. The van der Waals surface area contributed by atoms with E-state index in [0.717, 1.165) is 30.6 Å². The first-order valence-electron chi connectivity index (χ1n) is 7.67. The summed E-state index contributed by atoms with van der Waals surface area (Å²) in [5.74, 6) is 0. The van der Waals surface area contributed by atoms with Gasteiger partial charge in [0.2, 0.25) is 10.0 Å². The minimum Gasteiger partial charge on any atom is -0.395 e. The minimum atomic E-state index is -3.73. The molecule has 1 rings (SSSR count). The van der Waals surface area contributed by atoms with E-state index < -0.39 is 16.1 Å². The molecule has 0 aromatic carbocycles. The first-order chi connectivity index (χ1) is 10.9. The van der Waals surface area contributed by atoms with Gasteiger partial charge in [0.1, 0.15) is 4.21 Å². The third-order valence-corrected chi connectivity index (χ3v) is 6.65. The number of aliphatic hydroxyl groups is 2. The van der Waals surface area contributed by atoms with Crippen LogP contribution in [0.2, 0.25) is 4.34 Å². The SMILES string of the molecule is CCCCCC(NCCO)[C@@H](CO)NS(=O)(=O)c1ccc(Cl)s1. The average molecular weight is 385 g/mol. The number of hydrogen-bond acceptors (Lipinski definition) is 6. The molecule has 1 aromatic heterocycles. The van der Waals surface area contributed by atoms with Gasteiger partial charge in [0.25, 0.3) is 0 Å². The Hall–Kier alpha value is -0.220. The summed E-state index contributed by atoms with van der Waals surface area (Å²) in [7, 11) is -3.73. The largest absolute Gasteiger partial charge is 0.395 e. The fraction of sp³-hybridized carbons (Fsp3) is 0.714. The molecule has 1 unspecified atom stereocenters. The lowest BCUT2D eigenvalue weighted by atomic mass is 10.0. The topological polar surface area (TPSA) is 98.7 Å². The molecule has 0 fully saturated rings. The first-order valence-corrected chi connectivity index (χ1v) is 10.3. The van der Waals surface area contributed by atoms with Crippen molar-refractivity contribution in [1.29, 1.82) is 0 Å². The van der Waals surface area contributed by atoms with Crippen LogP contribution in [0, 0.1) is 0 Å². The number of thiophene rings is 1. The molecule has 0 saturated heterocycles. The van der Waals surface area contributed by atoms with Crippen LogP contribution in [-0.2, 0) is 10.0 Å². The standard InChI is InChI=1S/C14H25ClN2O4S2/c1-2-3-4-5-11(16-8-9-18)12(10-19)17-23(20,21)14-7-6-13(15)22-14/h6-7,11-12,16-19H,2-5,8-10H2,1H3/t11?,12-/m1/s1. The molecule has 0 aliphatic rings. The molecular weight excluding hydrogens is 360 g/mol. The number of aliphatic hydroxyl groups excluding tert-OH is 2. The molecule has 1 heterocycles. The molecule has 0 aliphatic heterocycles. The highest BCUT2D eigenvalue weighted by molar-refractivity contribution is 7.91.